The van der Waals surface area contributed by atoms with Crippen molar-refractivity contribution in [3.63, 3.8) is 0 Å². The van der Waals surface area contributed by atoms with Gasteiger partial charge in [-0.15, -0.1) is 17.9 Å². The Bertz CT molecular complexity index is 808. The van der Waals surface area contributed by atoms with E-state index in [9.17, 15) is 4.79 Å². The first-order chi connectivity index (χ1) is 11.7. The first-order valence-electron chi connectivity index (χ1n) is 7.76. The Morgan fingerprint density at radius 2 is 2.12 bits per heavy atom. The highest BCUT2D eigenvalue weighted by Crippen LogP contribution is 2.21. The lowest BCUT2D eigenvalue weighted by Crippen LogP contribution is -2.40. The number of anilines is 1. The number of ketones is 1. The molecular weight excluding hydrogens is 318 g/mol. The molecule has 0 spiro atoms. The molecule has 0 bridgehead atoms. The molecule has 0 unspecified atom stereocenters. The summed E-state index contributed by atoms with van der Waals surface area (Å²) in [5.74, 6) is 0.439. The Hall–Kier alpha value is -2.66. The summed E-state index contributed by atoms with van der Waals surface area (Å²) >= 11 is 1.58. The fourth-order valence-electron chi connectivity index (χ4n) is 2.64. The summed E-state index contributed by atoms with van der Waals surface area (Å²) in [6.07, 6.45) is 5.30. The smallest absolute Gasteiger partial charge is 0.220 e. The van der Waals surface area contributed by atoms with E-state index in [0.717, 1.165) is 10.7 Å². The molecule has 24 heavy (non-hydrogen) atoms. The summed E-state index contributed by atoms with van der Waals surface area (Å²) in [5.41, 5.74) is 0.993. The Labute approximate surface area is 145 Å². The number of para-hydroxylation sites is 1. The van der Waals surface area contributed by atoms with Crippen LogP contribution in [0.25, 0.3) is 5.00 Å². The van der Waals surface area contributed by atoms with E-state index in [-0.39, 0.29) is 11.8 Å². The van der Waals surface area contributed by atoms with Crippen LogP contribution in [-0.2, 0) is 0 Å². The van der Waals surface area contributed by atoms with Crippen LogP contribution in [0, 0.1) is 0 Å². The Kier molecular flexibility index (Phi) is 4.91. The molecule has 0 saturated heterocycles. The van der Waals surface area contributed by atoms with Gasteiger partial charge in [0.05, 0.1) is 6.04 Å². The molecule has 4 nitrogen and oxygen atoms in total. The SMILES string of the molecule is C=CCN(c1ccccc1)[C@@H](C)C(=O)c1nccn1-c1cccs1. The molecule has 0 amide bonds. The third kappa shape index (κ3) is 3.16. The molecule has 0 aliphatic heterocycles. The van der Waals surface area contributed by atoms with E-state index in [1.54, 1.807) is 17.5 Å². The largest absolute Gasteiger partial charge is 0.358 e. The van der Waals surface area contributed by atoms with Crippen molar-refractivity contribution >= 4 is 22.8 Å². The zero-order valence-electron chi connectivity index (χ0n) is 13.5. The highest BCUT2D eigenvalue weighted by Gasteiger charge is 2.26. The minimum absolute atomic E-state index is 0.0147. The molecule has 3 rings (SSSR count). The molecule has 0 radical (unpaired) electrons. The second kappa shape index (κ2) is 7.27. The minimum atomic E-state index is -0.341. The lowest BCUT2D eigenvalue weighted by molar-refractivity contribution is 0.0953. The van der Waals surface area contributed by atoms with Gasteiger partial charge in [0.1, 0.15) is 5.00 Å². The van der Waals surface area contributed by atoms with E-state index in [4.69, 9.17) is 0 Å². The fourth-order valence-corrected chi connectivity index (χ4v) is 3.36. The maximum atomic E-state index is 13.1. The van der Waals surface area contributed by atoms with Gasteiger partial charge in [0.2, 0.25) is 5.78 Å². The van der Waals surface area contributed by atoms with Crippen molar-refractivity contribution in [3.05, 3.63) is 78.7 Å². The molecule has 1 atom stereocenters. The summed E-state index contributed by atoms with van der Waals surface area (Å²) in [6, 6.07) is 13.5. The topological polar surface area (TPSA) is 38.1 Å². The van der Waals surface area contributed by atoms with Crippen molar-refractivity contribution in [2.24, 2.45) is 0 Å². The van der Waals surface area contributed by atoms with Gasteiger partial charge in [0.25, 0.3) is 0 Å². The second-order valence-corrected chi connectivity index (χ2v) is 6.32. The number of carbonyl (C=O) groups excluding carboxylic acids is 1. The van der Waals surface area contributed by atoms with E-state index in [2.05, 4.69) is 11.6 Å². The number of imidazole rings is 1. The summed E-state index contributed by atoms with van der Waals surface area (Å²) in [5, 5.41) is 2.97. The lowest BCUT2D eigenvalue weighted by atomic mass is 10.1. The van der Waals surface area contributed by atoms with Crippen LogP contribution in [-0.4, -0.2) is 27.9 Å². The first-order valence-corrected chi connectivity index (χ1v) is 8.64. The highest BCUT2D eigenvalue weighted by molar-refractivity contribution is 7.12. The van der Waals surface area contributed by atoms with Crippen molar-refractivity contribution in [1.82, 2.24) is 9.55 Å². The molecule has 2 aromatic heterocycles. The predicted molar refractivity (Wildman–Crippen MR) is 99.2 cm³/mol. The Morgan fingerprint density at radius 1 is 1.33 bits per heavy atom. The standard InChI is InChI=1S/C19H19N3OS/c1-3-12-21(16-8-5-4-6-9-16)15(2)18(23)19-20-11-13-22(19)17-10-7-14-24-17/h3-11,13-15H,1,12H2,2H3/t15-/m0/s1. The Morgan fingerprint density at radius 3 is 2.79 bits per heavy atom. The molecular formula is C19H19N3OS. The normalized spacial score (nSPS) is 11.9. The van der Waals surface area contributed by atoms with Crippen LogP contribution in [0.15, 0.2) is 72.9 Å². The second-order valence-electron chi connectivity index (χ2n) is 5.39. The van der Waals surface area contributed by atoms with E-state index in [1.165, 1.54) is 0 Å². The summed E-state index contributed by atoms with van der Waals surface area (Å²) in [6.45, 7) is 6.32. The zero-order chi connectivity index (χ0) is 16.9. The van der Waals surface area contributed by atoms with E-state index >= 15 is 0 Å². The van der Waals surface area contributed by atoms with Crippen molar-refractivity contribution < 1.29 is 4.79 Å². The van der Waals surface area contributed by atoms with E-state index in [1.807, 2.05) is 76.5 Å². The van der Waals surface area contributed by atoms with Gasteiger partial charge in [-0.05, 0) is 36.6 Å². The third-order valence-corrected chi connectivity index (χ3v) is 4.73. The van der Waals surface area contributed by atoms with Crippen molar-refractivity contribution in [3.8, 4) is 5.00 Å². The molecule has 0 fully saturated rings. The number of carbonyl (C=O) groups is 1. The molecule has 3 aromatic rings. The molecule has 122 valence electrons. The molecule has 0 aliphatic rings. The summed E-state index contributed by atoms with van der Waals surface area (Å²) in [4.78, 5) is 19.4. The van der Waals surface area contributed by atoms with Crippen LogP contribution < -0.4 is 4.90 Å². The molecule has 2 heterocycles. The van der Waals surface area contributed by atoms with Crippen molar-refractivity contribution in [1.29, 1.82) is 0 Å². The molecule has 1 aromatic carbocycles. The van der Waals surface area contributed by atoms with Crippen LogP contribution in [0.1, 0.15) is 17.5 Å². The van der Waals surface area contributed by atoms with Gasteiger partial charge in [0.15, 0.2) is 5.82 Å². The van der Waals surface area contributed by atoms with Crippen LogP contribution in [0.4, 0.5) is 5.69 Å². The number of hydrogen-bond acceptors (Lipinski definition) is 4. The van der Waals surface area contributed by atoms with E-state index < -0.39 is 0 Å². The van der Waals surface area contributed by atoms with Gasteiger partial charge in [-0.1, -0.05) is 24.3 Å². The van der Waals surface area contributed by atoms with Gasteiger partial charge in [-0.25, -0.2) is 4.98 Å². The number of thiophene rings is 1. The van der Waals surface area contributed by atoms with Crippen LogP contribution >= 0.6 is 11.3 Å². The summed E-state index contributed by atoms with van der Waals surface area (Å²) in [7, 11) is 0. The quantitative estimate of drug-likeness (QED) is 0.479. The van der Waals surface area contributed by atoms with Gasteiger partial charge in [-0.3, -0.25) is 9.36 Å². The number of aromatic nitrogens is 2. The van der Waals surface area contributed by atoms with Crippen molar-refractivity contribution in [2.45, 2.75) is 13.0 Å². The van der Waals surface area contributed by atoms with Gasteiger partial charge in [-0.2, -0.15) is 0 Å². The molecule has 0 aliphatic carbocycles. The average molecular weight is 337 g/mol. The number of nitrogens with zero attached hydrogens (tertiary/aromatic N) is 3. The first kappa shape index (κ1) is 16.2. The molecule has 0 saturated carbocycles. The van der Waals surface area contributed by atoms with E-state index in [0.29, 0.717) is 12.4 Å². The van der Waals surface area contributed by atoms with Gasteiger partial charge >= 0.3 is 0 Å². The van der Waals surface area contributed by atoms with Gasteiger partial charge < -0.3 is 4.90 Å². The number of Topliss-reactive ketones (excluding diaryl/α,β-unsaturated/α-hetero) is 1. The van der Waals surface area contributed by atoms with Crippen LogP contribution in [0.2, 0.25) is 0 Å². The number of hydrogen-bond donors (Lipinski definition) is 0. The maximum Gasteiger partial charge on any atom is 0.220 e. The Balaban J connectivity index is 1.91. The lowest BCUT2D eigenvalue weighted by Gasteiger charge is -2.29. The molecule has 0 N–H and O–H groups in total. The summed E-state index contributed by atoms with van der Waals surface area (Å²) < 4.78 is 1.85. The minimum Gasteiger partial charge on any atom is -0.358 e. The predicted octanol–water partition coefficient (Wildman–Crippen LogP) is 4.20. The van der Waals surface area contributed by atoms with Crippen LogP contribution in [0.5, 0.6) is 0 Å². The van der Waals surface area contributed by atoms with Crippen LogP contribution in [0.3, 0.4) is 0 Å². The number of rotatable bonds is 7. The maximum absolute atomic E-state index is 13.1. The zero-order valence-corrected chi connectivity index (χ0v) is 14.3. The fraction of sp³-hybridized carbons (Fsp3) is 0.158. The third-order valence-electron chi connectivity index (χ3n) is 3.87. The van der Waals surface area contributed by atoms with Gasteiger partial charge in [0, 0.05) is 24.6 Å². The number of benzene rings is 1. The monoisotopic (exact) mass is 337 g/mol. The van der Waals surface area contributed by atoms with Crippen molar-refractivity contribution in [2.75, 3.05) is 11.4 Å². The molecule has 5 heteroatoms. The average Bonchev–Trinajstić information content (AvgIpc) is 3.29. The highest BCUT2D eigenvalue weighted by atomic mass is 32.1.